The molecule has 1 saturated heterocycles. The third-order valence-electron chi connectivity index (χ3n) is 4.41. The summed E-state index contributed by atoms with van der Waals surface area (Å²) in [5.74, 6) is 0.518. The van der Waals surface area contributed by atoms with Gasteiger partial charge in [0.2, 0.25) is 0 Å². The molecule has 6 heteroatoms. The van der Waals surface area contributed by atoms with Gasteiger partial charge in [0, 0.05) is 30.0 Å². The Balaban J connectivity index is 1.71. The van der Waals surface area contributed by atoms with Crippen molar-refractivity contribution < 1.29 is 14.3 Å². The number of hydrogen-bond donors (Lipinski definition) is 0. The van der Waals surface area contributed by atoms with Crippen LogP contribution in [0.2, 0.25) is 0 Å². The predicted octanol–water partition coefficient (Wildman–Crippen LogP) is 3.97. The number of carbonyl (C=O) groups is 2. The SMILES string of the molecule is Cc1nc(C(=O)N2CCC[C@@H](C(=O)c3cccc(OC(C)C)c3)C2)cs1. The first-order chi connectivity index (χ1) is 12.4. The molecule has 5 nitrogen and oxygen atoms in total. The minimum atomic E-state index is -0.179. The second-order valence-electron chi connectivity index (χ2n) is 6.90. The van der Waals surface area contributed by atoms with Gasteiger partial charge in [0.25, 0.3) is 5.91 Å². The molecule has 0 bridgehead atoms. The number of likely N-dealkylation sites (tertiary alicyclic amines) is 1. The van der Waals surface area contributed by atoms with Crippen molar-refractivity contribution in [2.75, 3.05) is 13.1 Å². The standard InChI is InChI=1S/C20H24N2O3S/c1-13(2)25-17-8-4-6-15(10-17)19(23)16-7-5-9-22(11-16)20(24)18-12-26-14(3)21-18/h4,6,8,10,12-13,16H,5,7,9,11H2,1-3H3/t16-/m1/s1. The van der Waals surface area contributed by atoms with Gasteiger partial charge in [0.15, 0.2) is 5.78 Å². The molecule has 0 unspecified atom stereocenters. The number of benzene rings is 1. The van der Waals surface area contributed by atoms with Crippen molar-refractivity contribution in [3.63, 3.8) is 0 Å². The van der Waals surface area contributed by atoms with Crippen LogP contribution in [0, 0.1) is 12.8 Å². The van der Waals surface area contributed by atoms with E-state index in [4.69, 9.17) is 4.74 Å². The number of ether oxygens (including phenoxy) is 1. The van der Waals surface area contributed by atoms with E-state index in [1.165, 1.54) is 11.3 Å². The van der Waals surface area contributed by atoms with E-state index >= 15 is 0 Å². The van der Waals surface area contributed by atoms with E-state index in [1.807, 2.05) is 39.0 Å². The first kappa shape index (κ1) is 18.6. The second kappa shape index (κ2) is 7.99. The Hall–Kier alpha value is -2.21. The molecule has 1 aromatic heterocycles. The molecule has 138 valence electrons. The monoisotopic (exact) mass is 372 g/mol. The third kappa shape index (κ3) is 4.30. The topological polar surface area (TPSA) is 59.5 Å². The number of Topliss-reactive ketones (excluding diaryl/α,β-unsaturated/α-hetero) is 1. The average Bonchev–Trinajstić information content (AvgIpc) is 3.06. The number of ketones is 1. The van der Waals surface area contributed by atoms with Crippen molar-refractivity contribution in [1.29, 1.82) is 0 Å². The van der Waals surface area contributed by atoms with Gasteiger partial charge in [-0.3, -0.25) is 9.59 Å². The van der Waals surface area contributed by atoms with Gasteiger partial charge in [-0.15, -0.1) is 11.3 Å². The molecule has 2 heterocycles. The zero-order valence-corrected chi connectivity index (χ0v) is 16.2. The molecule has 1 aliphatic rings. The second-order valence-corrected chi connectivity index (χ2v) is 7.96. The quantitative estimate of drug-likeness (QED) is 0.745. The van der Waals surface area contributed by atoms with Crippen molar-refractivity contribution in [1.82, 2.24) is 9.88 Å². The van der Waals surface area contributed by atoms with Crippen LogP contribution in [0.15, 0.2) is 29.6 Å². The number of thiazole rings is 1. The molecule has 0 aliphatic carbocycles. The summed E-state index contributed by atoms with van der Waals surface area (Å²) in [6.07, 6.45) is 1.69. The number of nitrogens with zero attached hydrogens (tertiary/aromatic N) is 2. The minimum absolute atomic E-state index is 0.0599. The van der Waals surface area contributed by atoms with Gasteiger partial charge < -0.3 is 9.64 Å². The maximum absolute atomic E-state index is 12.9. The van der Waals surface area contributed by atoms with E-state index in [0.29, 0.717) is 30.1 Å². The summed E-state index contributed by atoms with van der Waals surface area (Å²) in [5.41, 5.74) is 1.12. The van der Waals surface area contributed by atoms with Crippen molar-refractivity contribution in [3.05, 3.63) is 45.9 Å². The first-order valence-electron chi connectivity index (χ1n) is 8.96. The summed E-state index contributed by atoms with van der Waals surface area (Å²) in [4.78, 5) is 31.6. The lowest BCUT2D eigenvalue weighted by atomic mass is 9.90. The molecule has 1 aliphatic heterocycles. The molecule has 0 spiro atoms. The summed E-state index contributed by atoms with van der Waals surface area (Å²) in [7, 11) is 0. The van der Waals surface area contributed by atoms with Gasteiger partial charge in [0.05, 0.1) is 11.1 Å². The highest BCUT2D eigenvalue weighted by atomic mass is 32.1. The lowest BCUT2D eigenvalue weighted by Crippen LogP contribution is -2.42. The molecular formula is C20H24N2O3S. The van der Waals surface area contributed by atoms with Crippen molar-refractivity contribution >= 4 is 23.0 Å². The van der Waals surface area contributed by atoms with Gasteiger partial charge in [-0.25, -0.2) is 4.98 Å². The fourth-order valence-electron chi connectivity index (χ4n) is 3.23. The van der Waals surface area contributed by atoms with Crippen molar-refractivity contribution in [2.45, 2.75) is 39.7 Å². The van der Waals surface area contributed by atoms with Crippen LogP contribution in [0.4, 0.5) is 0 Å². The number of hydrogen-bond acceptors (Lipinski definition) is 5. The van der Waals surface area contributed by atoms with Crippen LogP contribution in [0.3, 0.4) is 0 Å². The number of rotatable bonds is 5. The third-order valence-corrected chi connectivity index (χ3v) is 5.18. The summed E-state index contributed by atoms with van der Waals surface area (Å²) in [6, 6.07) is 7.32. The molecule has 0 radical (unpaired) electrons. The fourth-order valence-corrected chi connectivity index (χ4v) is 3.82. The molecule has 2 aromatic rings. The van der Waals surface area contributed by atoms with Gasteiger partial charge in [-0.2, -0.15) is 0 Å². The Bertz CT molecular complexity index is 800. The number of aryl methyl sites for hydroxylation is 1. The number of amides is 1. The Morgan fingerprint density at radius 2 is 2.15 bits per heavy atom. The maximum atomic E-state index is 12.9. The number of piperidine rings is 1. The van der Waals surface area contributed by atoms with Crippen LogP contribution in [0.1, 0.15) is 52.5 Å². The van der Waals surface area contributed by atoms with Crippen LogP contribution in [0.5, 0.6) is 5.75 Å². The molecule has 1 atom stereocenters. The normalized spacial score (nSPS) is 17.4. The minimum Gasteiger partial charge on any atom is -0.491 e. The van der Waals surface area contributed by atoms with Crippen LogP contribution in [-0.4, -0.2) is 40.8 Å². The highest BCUT2D eigenvalue weighted by Crippen LogP contribution is 2.24. The summed E-state index contributed by atoms with van der Waals surface area (Å²) in [6.45, 7) is 6.92. The fraction of sp³-hybridized carbons (Fsp3) is 0.450. The molecule has 1 amide bonds. The Morgan fingerprint density at radius 1 is 1.35 bits per heavy atom. The molecule has 0 N–H and O–H groups in total. The molecule has 3 rings (SSSR count). The Morgan fingerprint density at radius 3 is 2.85 bits per heavy atom. The molecule has 1 fully saturated rings. The van der Waals surface area contributed by atoms with E-state index in [9.17, 15) is 9.59 Å². The van der Waals surface area contributed by atoms with E-state index in [2.05, 4.69) is 4.98 Å². The summed E-state index contributed by atoms with van der Waals surface area (Å²) < 4.78 is 5.69. The zero-order valence-electron chi connectivity index (χ0n) is 15.4. The summed E-state index contributed by atoms with van der Waals surface area (Å²) in [5, 5.41) is 2.66. The number of aromatic nitrogens is 1. The predicted molar refractivity (Wildman–Crippen MR) is 102 cm³/mol. The van der Waals surface area contributed by atoms with E-state index in [-0.39, 0.29) is 23.7 Å². The number of carbonyl (C=O) groups excluding carboxylic acids is 2. The van der Waals surface area contributed by atoms with Crippen molar-refractivity contribution in [2.24, 2.45) is 5.92 Å². The highest BCUT2D eigenvalue weighted by molar-refractivity contribution is 7.09. The maximum Gasteiger partial charge on any atom is 0.273 e. The van der Waals surface area contributed by atoms with E-state index < -0.39 is 0 Å². The van der Waals surface area contributed by atoms with Crippen LogP contribution < -0.4 is 4.74 Å². The van der Waals surface area contributed by atoms with Crippen LogP contribution in [0.25, 0.3) is 0 Å². The summed E-state index contributed by atoms with van der Waals surface area (Å²) >= 11 is 1.47. The smallest absolute Gasteiger partial charge is 0.273 e. The van der Waals surface area contributed by atoms with E-state index in [1.54, 1.807) is 16.3 Å². The van der Waals surface area contributed by atoms with Crippen LogP contribution in [-0.2, 0) is 0 Å². The molecule has 1 aromatic carbocycles. The van der Waals surface area contributed by atoms with Gasteiger partial charge in [0.1, 0.15) is 11.4 Å². The highest BCUT2D eigenvalue weighted by Gasteiger charge is 2.30. The largest absolute Gasteiger partial charge is 0.491 e. The molecule has 0 saturated carbocycles. The van der Waals surface area contributed by atoms with Crippen LogP contribution >= 0.6 is 11.3 Å². The van der Waals surface area contributed by atoms with Crippen molar-refractivity contribution in [3.8, 4) is 5.75 Å². The Kier molecular flexibility index (Phi) is 5.71. The van der Waals surface area contributed by atoms with Gasteiger partial charge in [-0.05, 0) is 45.7 Å². The Labute approximate surface area is 158 Å². The van der Waals surface area contributed by atoms with E-state index in [0.717, 1.165) is 17.8 Å². The molecular weight excluding hydrogens is 348 g/mol. The van der Waals surface area contributed by atoms with Gasteiger partial charge in [-0.1, -0.05) is 12.1 Å². The van der Waals surface area contributed by atoms with Gasteiger partial charge >= 0.3 is 0 Å². The molecule has 26 heavy (non-hydrogen) atoms. The first-order valence-corrected chi connectivity index (χ1v) is 9.84. The lowest BCUT2D eigenvalue weighted by Gasteiger charge is -2.31. The average molecular weight is 372 g/mol. The lowest BCUT2D eigenvalue weighted by molar-refractivity contribution is 0.0632. The zero-order chi connectivity index (χ0) is 18.7.